The van der Waals surface area contributed by atoms with E-state index in [1.165, 1.54) is 16.7 Å². The van der Waals surface area contributed by atoms with Crippen LogP contribution >= 0.6 is 0 Å². The Bertz CT molecular complexity index is 356. The Balaban J connectivity index is 3.15. The Hall–Kier alpha value is -1.30. The van der Waals surface area contributed by atoms with Crippen LogP contribution in [0.25, 0.3) is 12.2 Å². The molecule has 0 fully saturated rings. The van der Waals surface area contributed by atoms with Gasteiger partial charge in [-0.1, -0.05) is 56.9 Å². The summed E-state index contributed by atoms with van der Waals surface area (Å²) in [5.74, 6) is 0.685. The van der Waals surface area contributed by atoms with Gasteiger partial charge in [-0.3, -0.25) is 0 Å². The molecular formula is C15H20. The van der Waals surface area contributed by atoms with Crippen LogP contribution in [-0.4, -0.2) is 0 Å². The van der Waals surface area contributed by atoms with Crippen molar-refractivity contribution >= 4 is 12.2 Å². The van der Waals surface area contributed by atoms with E-state index in [-0.39, 0.29) is 0 Å². The first-order valence-electron chi connectivity index (χ1n) is 5.56. The summed E-state index contributed by atoms with van der Waals surface area (Å²) in [6.45, 7) is 10.4. The third-order valence-corrected chi connectivity index (χ3v) is 2.41. The number of hydrogen-bond donors (Lipinski definition) is 0. The molecule has 0 unspecified atom stereocenters. The zero-order valence-corrected chi connectivity index (χ0v) is 9.96. The largest absolute Gasteiger partial charge is 0.0984 e. The molecule has 0 aliphatic rings. The molecule has 15 heavy (non-hydrogen) atoms. The van der Waals surface area contributed by atoms with Gasteiger partial charge in [-0.2, -0.15) is 0 Å². The zero-order chi connectivity index (χ0) is 11.3. The minimum absolute atomic E-state index is 0.685. The number of allylic oxidation sites excluding steroid dienone is 1. The van der Waals surface area contributed by atoms with Gasteiger partial charge in [0.2, 0.25) is 0 Å². The van der Waals surface area contributed by atoms with E-state index in [2.05, 4.69) is 50.8 Å². The molecule has 0 bridgehead atoms. The van der Waals surface area contributed by atoms with Crippen molar-refractivity contribution in [2.75, 3.05) is 0 Å². The van der Waals surface area contributed by atoms with E-state index in [1.807, 2.05) is 13.0 Å². The molecule has 0 saturated heterocycles. The molecule has 0 heterocycles. The van der Waals surface area contributed by atoms with Crippen molar-refractivity contribution in [2.45, 2.75) is 27.2 Å². The Kier molecular flexibility index (Phi) is 4.36. The number of rotatable bonds is 4. The van der Waals surface area contributed by atoms with Crippen LogP contribution in [0.5, 0.6) is 0 Å². The van der Waals surface area contributed by atoms with Crippen LogP contribution in [0.3, 0.4) is 0 Å². The summed E-state index contributed by atoms with van der Waals surface area (Å²) in [4.78, 5) is 0. The van der Waals surface area contributed by atoms with Crippen LogP contribution in [0.1, 0.15) is 37.5 Å². The van der Waals surface area contributed by atoms with Crippen molar-refractivity contribution < 1.29 is 0 Å². The molecule has 0 aromatic heterocycles. The molecule has 0 nitrogen and oxygen atoms in total. The minimum atomic E-state index is 0.685. The van der Waals surface area contributed by atoms with Crippen molar-refractivity contribution in [2.24, 2.45) is 5.92 Å². The lowest BCUT2D eigenvalue weighted by molar-refractivity contribution is 0.646. The smallest absolute Gasteiger partial charge is 0.0158 e. The van der Waals surface area contributed by atoms with Crippen LogP contribution in [-0.2, 0) is 6.42 Å². The van der Waals surface area contributed by atoms with Gasteiger partial charge in [0, 0.05) is 0 Å². The summed E-state index contributed by atoms with van der Waals surface area (Å²) in [6, 6.07) is 6.46. The van der Waals surface area contributed by atoms with Crippen molar-refractivity contribution in [3.8, 4) is 0 Å². The lowest BCUT2D eigenvalue weighted by Crippen LogP contribution is -1.98. The Labute approximate surface area is 93.3 Å². The summed E-state index contributed by atoms with van der Waals surface area (Å²) in [5.41, 5.74) is 3.95. The normalized spacial score (nSPS) is 11.2. The molecule has 0 aliphatic carbocycles. The molecule has 0 heteroatoms. The Morgan fingerprint density at radius 2 is 2.07 bits per heavy atom. The predicted molar refractivity (Wildman–Crippen MR) is 69.8 cm³/mol. The highest BCUT2D eigenvalue weighted by molar-refractivity contribution is 5.67. The molecule has 0 amide bonds. The zero-order valence-electron chi connectivity index (χ0n) is 9.96. The van der Waals surface area contributed by atoms with Gasteiger partial charge in [0.1, 0.15) is 0 Å². The fourth-order valence-corrected chi connectivity index (χ4v) is 1.82. The average molecular weight is 200 g/mol. The van der Waals surface area contributed by atoms with E-state index in [4.69, 9.17) is 0 Å². The van der Waals surface area contributed by atoms with E-state index in [0.29, 0.717) is 5.92 Å². The van der Waals surface area contributed by atoms with Gasteiger partial charge in [0.25, 0.3) is 0 Å². The molecule has 0 spiro atoms. The second-order valence-corrected chi connectivity index (χ2v) is 4.22. The molecule has 0 saturated carbocycles. The van der Waals surface area contributed by atoms with Crippen LogP contribution in [0, 0.1) is 5.92 Å². The van der Waals surface area contributed by atoms with Gasteiger partial charge in [-0.05, 0) is 36.0 Å². The van der Waals surface area contributed by atoms with E-state index >= 15 is 0 Å². The highest BCUT2D eigenvalue weighted by atomic mass is 14.1. The topological polar surface area (TPSA) is 0 Å². The van der Waals surface area contributed by atoms with Gasteiger partial charge < -0.3 is 0 Å². The second-order valence-electron chi connectivity index (χ2n) is 4.22. The van der Waals surface area contributed by atoms with E-state index < -0.39 is 0 Å². The van der Waals surface area contributed by atoms with Crippen molar-refractivity contribution in [3.63, 3.8) is 0 Å². The minimum Gasteiger partial charge on any atom is -0.0984 e. The van der Waals surface area contributed by atoms with Gasteiger partial charge in [0.05, 0.1) is 0 Å². The standard InChI is InChI=1S/C15H20/c1-5-8-13-9-7-10-14(11-12(3)4)15(13)6-2/h5-10,12H,2,11H2,1,3-4H3/b8-5-. The molecule has 1 rings (SSSR count). The fourth-order valence-electron chi connectivity index (χ4n) is 1.82. The summed E-state index contributed by atoms with van der Waals surface area (Å²) in [5, 5.41) is 0. The molecule has 0 aliphatic heterocycles. The highest BCUT2D eigenvalue weighted by Crippen LogP contribution is 2.20. The maximum atomic E-state index is 3.91. The van der Waals surface area contributed by atoms with Crippen LogP contribution < -0.4 is 0 Å². The van der Waals surface area contributed by atoms with Crippen molar-refractivity contribution in [1.29, 1.82) is 0 Å². The lowest BCUT2D eigenvalue weighted by Gasteiger charge is -2.11. The SMILES string of the molecule is C=Cc1c(/C=C\C)cccc1CC(C)C. The molecule has 1 aromatic carbocycles. The molecule has 1 aromatic rings. The summed E-state index contributed by atoms with van der Waals surface area (Å²) in [7, 11) is 0. The Morgan fingerprint density at radius 1 is 1.33 bits per heavy atom. The van der Waals surface area contributed by atoms with Crippen molar-refractivity contribution in [3.05, 3.63) is 47.5 Å². The molecular weight excluding hydrogens is 180 g/mol. The lowest BCUT2D eigenvalue weighted by atomic mass is 9.94. The predicted octanol–water partition coefficient (Wildman–Crippen LogP) is 4.56. The van der Waals surface area contributed by atoms with Gasteiger partial charge >= 0.3 is 0 Å². The highest BCUT2D eigenvalue weighted by Gasteiger charge is 2.04. The summed E-state index contributed by atoms with van der Waals surface area (Å²) >= 11 is 0. The molecule has 0 radical (unpaired) electrons. The number of benzene rings is 1. The van der Waals surface area contributed by atoms with Crippen molar-refractivity contribution in [1.82, 2.24) is 0 Å². The molecule has 80 valence electrons. The van der Waals surface area contributed by atoms with Gasteiger partial charge in [0.15, 0.2) is 0 Å². The summed E-state index contributed by atoms with van der Waals surface area (Å²) in [6.07, 6.45) is 7.29. The van der Waals surface area contributed by atoms with E-state index in [0.717, 1.165) is 6.42 Å². The monoisotopic (exact) mass is 200 g/mol. The van der Waals surface area contributed by atoms with Gasteiger partial charge in [-0.25, -0.2) is 0 Å². The van der Waals surface area contributed by atoms with Crippen LogP contribution in [0.15, 0.2) is 30.9 Å². The third-order valence-electron chi connectivity index (χ3n) is 2.41. The first kappa shape index (κ1) is 11.8. The molecule has 0 atom stereocenters. The van der Waals surface area contributed by atoms with E-state index in [1.54, 1.807) is 0 Å². The van der Waals surface area contributed by atoms with E-state index in [9.17, 15) is 0 Å². The number of hydrogen-bond acceptors (Lipinski definition) is 0. The first-order chi connectivity index (χ1) is 7.19. The summed E-state index contributed by atoms with van der Waals surface area (Å²) < 4.78 is 0. The van der Waals surface area contributed by atoms with Crippen LogP contribution in [0.2, 0.25) is 0 Å². The van der Waals surface area contributed by atoms with Gasteiger partial charge in [-0.15, -0.1) is 0 Å². The third kappa shape index (κ3) is 3.09. The molecule has 0 N–H and O–H groups in total. The first-order valence-corrected chi connectivity index (χ1v) is 5.56. The fraction of sp³-hybridized carbons (Fsp3) is 0.333. The van der Waals surface area contributed by atoms with Crippen LogP contribution in [0.4, 0.5) is 0 Å². The quantitative estimate of drug-likeness (QED) is 0.668. The maximum absolute atomic E-state index is 3.91. The average Bonchev–Trinajstić information content (AvgIpc) is 2.18. The second kappa shape index (κ2) is 5.55. The Morgan fingerprint density at radius 3 is 2.60 bits per heavy atom. The maximum Gasteiger partial charge on any atom is -0.0158 e.